The molecule has 0 aromatic heterocycles. The Morgan fingerprint density at radius 3 is 1.00 bits per heavy atom. The summed E-state index contributed by atoms with van der Waals surface area (Å²) >= 11 is 0. The minimum Gasteiger partial charge on any atom is -1.00 e. The van der Waals surface area contributed by atoms with Crippen molar-refractivity contribution in [2.45, 2.75) is 86.7 Å². The van der Waals surface area contributed by atoms with Gasteiger partial charge in [0.1, 0.15) is 0 Å². The molecule has 1 rings (SSSR count). The maximum absolute atomic E-state index is 9.53. The van der Waals surface area contributed by atoms with Gasteiger partial charge < -0.3 is 32.8 Å². The average molecular weight is 483 g/mol. The van der Waals surface area contributed by atoms with Crippen LogP contribution < -0.4 is 32.8 Å². The van der Waals surface area contributed by atoms with E-state index in [0.717, 1.165) is 5.56 Å². The van der Waals surface area contributed by atoms with Gasteiger partial charge in [-0.2, -0.15) is 0 Å². The van der Waals surface area contributed by atoms with Crippen molar-refractivity contribution in [1.29, 1.82) is 0 Å². The van der Waals surface area contributed by atoms with Crippen LogP contribution in [0.2, 0.25) is 0 Å². The molecule has 0 unspecified atom stereocenters. The number of rotatable bonds is 0. The molecule has 0 aliphatic carbocycles. The number of aryl methyl sites for hydroxylation is 1. The zero-order chi connectivity index (χ0) is 21.0. The third-order valence-corrected chi connectivity index (χ3v) is 1.20. The van der Waals surface area contributed by atoms with Gasteiger partial charge in [-0.15, -0.1) is 24.4 Å². The number of hydrogen-bond donors (Lipinski definition) is 0. The van der Waals surface area contributed by atoms with Crippen LogP contribution in [0.3, 0.4) is 0 Å². The first-order chi connectivity index (χ1) is 11.3. The number of benzene rings is 1. The van der Waals surface area contributed by atoms with Crippen LogP contribution in [0.4, 0.5) is 0 Å². The second-order valence-electron chi connectivity index (χ2n) is 6.19. The van der Waals surface area contributed by atoms with Crippen molar-refractivity contribution in [3.63, 3.8) is 0 Å². The molecule has 0 fully saturated rings. The van der Waals surface area contributed by atoms with Crippen molar-refractivity contribution < 1.29 is 76.3 Å². The monoisotopic (exact) mass is 482 g/mol. The van der Waals surface area contributed by atoms with E-state index >= 15 is 0 Å². The van der Waals surface area contributed by atoms with E-state index in [-0.39, 0.29) is 55.8 Å². The van der Waals surface area contributed by atoms with Gasteiger partial charge in [0.25, 0.3) is 0 Å². The van der Waals surface area contributed by atoms with Crippen LogP contribution >= 0.6 is 0 Å². The van der Waals surface area contributed by atoms with E-state index in [2.05, 4.69) is 5.92 Å². The molecule has 0 N–H and O–H groups in total. The molecule has 2 radical (unpaired) electrons. The summed E-state index contributed by atoms with van der Waals surface area (Å²) < 4.78 is 0. The average Bonchev–Trinajstić information content (AvgIpc) is 2.37. The predicted octanol–water partition coefficient (Wildman–Crippen LogP) is -2.05. The Morgan fingerprint density at radius 1 is 0.679 bits per heavy atom. The van der Waals surface area contributed by atoms with Gasteiger partial charge >= 0.3 is 43.4 Å². The fourth-order valence-electron chi connectivity index (χ4n) is 0.637. The molecule has 4 nitrogen and oxygen atoms in total. The van der Waals surface area contributed by atoms with Crippen LogP contribution in [0.25, 0.3) is 0 Å². The molecule has 158 valence electrons. The van der Waals surface area contributed by atoms with Gasteiger partial charge in [0.05, 0.1) is 0 Å². The first kappa shape index (κ1) is 46.5. The molecule has 1 aromatic rings. The maximum Gasteiger partial charge on any atom is 3.00 e. The second kappa shape index (κ2) is 34.8. The van der Waals surface area contributed by atoms with Gasteiger partial charge in [0.2, 0.25) is 0 Å². The molecule has 0 spiro atoms. The van der Waals surface area contributed by atoms with E-state index in [1.807, 2.05) is 31.2 Å². The van der Waals surface area contributed by atoms with Gasteiger partial charge in [-0.05, 0) is 25.5 Å². The minimum atomic E-state index is -0.417. The van der Waals surface area contributed by atoms with Gasteiger partial charge in [0.15, 0.2) is 0 Å². The Bertz CT molecular complexity index is 369. The third kappa shape index (κ3) is 111. The molecule has 0 saturated heterocycles. The zero-order valence-electron chi connectivity index (χ0n) is 18.6. The first-order valence-electron chi connectivity index (χ1n) is 8.38. The summed E-state index contributed by atoms with van der Waals surface area (Å²) in [6.45, 7) is 14.9. The van der Waals surface area contributed by atoms with Gasteiger partial charge in [0, 0.05) is 5.56 Å². The topological polar surface area (TPSA) is 92.2 Å². The summed E-state index contributed by atoms with van der Waals surface area (Å²) in [4.78, 5) is 0. The number of halogens is 1. The molecule has 0 aliphatic rings. The SMILES string of the molecule is CC(C)[O-].CC(C)[O-].CC(C)[O-].CC(C)[O-].[C]#Cc1ccc(C)cc1.[Cl-].[Ti+2].[Ti+3]. The van der Waals surface area contributed by atoms with Crippen molar-refractivity contribution in [3.8, 4) is 5.92 Å². The normalized spacial score (nSPS) is 7.86. The van der Waals surface area contributed by atoms with Crippen molar-refractivity contribution in [2.75, 3.05) is 0 Å². The molecule has 28 heavy (non-hydrogen) atoms. The molecule has 0 bridgehead atoms. The molecule has 0 atom stereocenters. The van der Waals surface area contributed by atoms with E-state index in [1.54, 1.807) is 55.4 Å². The second-order valence-corrected chi connectivity index (χ2v) is 6.19. The molecule has 7 heteroatoms. The smallest absolute Gasteiger partial charge is 1.00 e. The van der Waals surface area contributed by atoms with Crippen LogP contribution in [0, 0.1) is 19.3 Å². The quantitative estimate of drug-likeness (QED) is 0.314. The standard InChI is InChI=1S/C9H7.4C3H7O.ClH.2Ti/c1-3-9-6-4-8(2)5-7-9;4*1-3(2)4;;;/h4-7H,2H3;4*3H,1-2H3;1H;;/q;4*-1;;+2;+3/p-1. The Kier molecular flexibility index (Phi) is 57.8. The molecule has 0 saturated carbocycles. The summed E-state index contributed by atoms with van der Waals surface area (Å²) in [6.07, 6.45) is 5.10. The van der Waals surface area contributed by atoms with Gasteiger partial charge in [-0.1, -0.05) is 79.0 Å². The summed E-state index contributed by atoms with van der Waals surface area (Å²) in [7, 11) is 0. The fraction of sp³-hybridized carbons (Fsp3) is 0.619. The zero-order valence-corrected chi connectivity index (χ0v) is 22.5. The van der Waals surface area contributed by atoms with E-state index in [9.17, 15) is 20.4 Å². The molecule has 0 heterocycles. The summed E-state index contributed by atoms with van der Waals surface area (Å²) in [6, 6.07) is 7.69. The van der Waals surface area contributed by atoms with Crippen molar-refractivity contribution in [3.05, 3.63) is 41.8 Å². The summed E-state index contributed by atoms with van der Waals surface area (Å²) in [5.74, 6) is 2.30. The van der Waals surface area contributed by atoms with Crippen LogP contribution in [0.15, 0.2) is 24.3 Å². The Labute approximate surface area is 209 Å². The van der Waals surface area contributed by atoms with Crippen molar-refractivity contribution >= 4 is 0 Å². The van der Waals surface area contributed by atoms with Crippen LogP contribution in [-0.2, 0) is 43.4 Å². The van der Waals surface area contributed by atoms with Crippen LogP contribution in [0.1, 0.15) is 66.5 Å². The van der Waals surface area contributed by atoms with Crippen molar-refractivity contribution in [2.24, 2.45) is 0 Å². The molecule has 0 amide bonds. The largest absolute Gasteiger partial charge is 3.00 e. The molecular weight excluding hydrogens is 447 g/mol. The Balaban J connectivity index is -0.0000000409. The van der Waals surface area contributed by atoms with Crippen LogP contribution in [-0.4, -0.2) is 24.4 Å². The van der Waals surface area contributed by atoms with Crippen LogP contribution in [0.5, 0.6) is 0 Å². The predicted molar refractivity (Wildman–Crippen MR) is 98.0 cm³/mol. The number of hydrogen-bond acceptors (Lipinski definition) is 4. The fourth-order valence-corrected chi connectivity index (χ4v) is 0.637. The summed E-state index contributed by atoms with van der Waals surface area (Å²) in [5.41, 5.74) is 2.05. The molecule has 1 aromatic carbocycles. The Morgan fingerprint density at radius 2 is 0.857 bits per heavy atom. The minimum absolute atomic E-state index is 0. The van der Waals surface area contributed by atoms with Crippen molar-refractivity contribution in [1.82, 2.24) is 0 Å². The Hall–Kier alpha value is 0.339. The first-order valence-corrected chi connectivity index (χ1v) is 8.38. The van der Waals surface area contributed by atoms with E-state index in [1.165, 1.54) is 5.56 Å². The maximum atomic E-state index is 9.53. The third-order valence-electron chi connectivity index (χ3n) is 1.20. The van der Waals surface area contributed by atoms with Gasteiger partial charge in [-0.3, -0.25) is 0 Å². The van der Waals surface area contributed by atoms with E-state index < -0.39 is 24.4 Å². The van der Waals surface area contributed by atoms with E-state index in [0.29, 0.717) is 0 Å². The molecular formula is C21H35ClO4Ti2. The molecule has 0 aliphatic heterocycles. The van der Waals surface area contributed by atoms with E-state index in [4.69, 9.17) is 6.42 Å². The van der Waals surface area contributed by atoms with Gasteiger partial charge in [-0.25, -0.2) is 0 Å². The summed E-state index contributed by atoms with van der Waals surface area (Å²) in [5, 5.41) is 38.1.